The molecule has 2 N–H and O–H groups in total. The highest BCUT2D eigenvalue weighted by atomic mass is 32.2. The van der Waals surface area contributed by atoms with Gasteiger partial charge in [0, 0.05) is 5.69 Å². The second-order valence-corrected chi connectivity index (χ2v) is 7.05. The van der Waals surface area contributed by atoms with Crippen molar-refractivity contribution < 1.29 is 8.42 Å². The van der Waals surface area contributed by atoms with Crippen molar-refractivity contribution in [2.24, 2.45) is 0 Å². The van der Waals surface area contributed by atoms with E-state index in [0.29, 0.717) is 24.2 Å². The topological polar surface area (TPSA) is 90.9 Å². The van der Waals surface area contributed by atoms with Crippen LogP contribution in [0.3, 0.4) is 0 Å². The summed E-state index contributed by atoms with van der Waals surface area (Å²) in [4.78, 5) is 0. The lowest BCUT2D eigenvalue weighted by molar-refractivity contribution is 0.540. The van der Waals surface area contributed by atoms with Gasteiger partial charge >= 0.3 is 0 Å². The van der Waals surface area contributed by atoms with E-state index in [-0.39, 0.29) is 11.0 Å². The van der Waals surface area contributed by atoms with Crippen LogP contribution in [0.15, 0.2) is 18.2 Å². The van der Waals surface area contributed by atoms with Crippen LogP contribution >= 0.6 is 0 Å². The molecule has 0 radical (unpaired) electrons. The molecule has 1 saturated heterocycles. The minimum absolute atomic E-state index is 0.289. The predicted octanol–water partition coefficient (Wildman–Crippen LogP) is 0.591. The molecule has 1 atom stereocenters. The molecule has 0 spiro atoms. The van der Waals surface area contributed by atoms with Crippen molar-refractivity contribution in [1.82, 2.24) is 15.0 Å². The van der Waals surface area contributed by atoms with Crippen LogP contribution in [0.4, 0.5) is 5.69 Å². The van der Waals surface area contributed by atoms with E-state index in [1.54, 1.807) is 16.8 Å². The molecular weight excluding hydrogens is 252 g/mol. The smallest absolute Gasteiger partial charge is 0.154 e. The number of fused-ring (bicyclic) bond motifs is 1. The molecule has 2 heterocycles. The molecule has 1 aliphatic heterocycles. The number of aromatic nitrogens is 3. The van der Waals surface area contributed by atoms with E-state index < -0.39 is 9.84 Å². The standard InChI is InChI=1S/C11H14N4O2S/c12-8-3-4-11-10(6-8)13-14-15(11)7-9-2-1-5-18(9,16)17/h3-4,6,9H,1-2,5,7,12H2. The largest absolute Gasteiger partial charge is 0.399 e. The van der Waals surface area contributed by atoms with E-state index in [2.05, 4.69) is 10.3 Å². The highest BCUT2D eigenvalue weighted by Crippen LogP contribution is 2.23. The zero-order valence-corrected chi connectivity index (χ0v) is 10.6. The lowest BCUT2D eigenvalue weighted by Gasteiger charge is -2.09. The van der Waals surface area contributed by atoms with Crippen LogP contribution in [0.2, 0.25) is 0 Å². The number of nitrogen functional groups attached to an aromatic ring is 1. The molecule has 0 amide bonds. The fraction of sp³-hybridized carbons (Fsp3) is 0.455. The molecule has 1 fully saturated rings. The normalized spacial score (nSPS) is 22.6. The average molecular weight is 266 g/mol. The molecule has 1 aliphatic rings. The van der Waals surface area contributed by atoms with Crippen LogP contribution in [-0.4, -0.2) is 34.4 Å². The monoisotopic (exact) mass is 266 g/mol. The lowest BCUT2D eigenvalue weighted by atomic mass is 10.2. The Morgan fingerprint density at radius 3 is 3.00 bits per heavy atom. The number of hydrogen-bond donors (Lipinski definition) is 1. The molecule has 18 heavy (non-hydrogen) atoms. The highest BCUT2D eigenvalue weighted by Gasteiger charge is 2.32. The second-order valence-electron chi connectivity index (χ2n) is 4.65. The molecule has 0 aliphatic carbocycles. The highest BCUT2D eigenvalue weighted by molar-refractivity contribution is 7.92. The van der Waals surface area contributed by atoms with Crippen molar-refractivity contribution in [3.05, 3.63) is 18.2 Å². The van der Waals surface area contributed by atoms with E-state index in [0.717, 1.165) is 11.9 Å². The SMILES string of the molecule is Nc1ccc2c(c1)nnn2CC1CCCS1(=O)=O. The zero-order valence-electron chi connectivity index (χ0n) is 9.78. The first kappa shape index (κ1) is 11.5. The molecule has 1 unspecified atom stereocenters. The van der Waals surface area contributed by atoms with Gasteiger partial charge in [0.15, 0.2) is 9.84 Å². The summed E-state index contributed by atoms with van der Waals surface area (Å²) in [5, 5.41) is 7.69. The van der Waals surface area contributed by atoms with Gasteiger partial charge in [-0.1, -0.05) is 5.21 Å². The Morgan fingerprint density at radius 2 is 2.28 bits per heavy atom. The maximum absolute atomic E-state index is 11.8. The Bertz CT molecular complexity index is 692. The van der Waals surface area contributed by atoms with E-state index >= 15 is 0 Å². The Labute approximate surface area is 105 Å². The molecule has 96 valence electrons. The molecular formula is C11H14N4O2S. The summed E-state index contributed by atoms with van der Waals surface area (Å²) in [7, 11) is -2.95. The van der Waals surface area contributed by atoms with Gasteiger partial charge in [-0.3, -0.25) is 0 Å². The number of anilines is 1. The molecule has 1 aromatic heterocycles. The first-order valence-corrected chi connectivity index (χ1v) is 7.58. The number of hydrogen-bond acceptors (Lipinski definition) is 5. The summed E-state index contributed by atoms with van der Waals surface area (Å²) in [6.07, 6.45) is 1.45. The van der Waals surface area contributed by atoms with Gasteiger partial charge in [-0.15, -0.1) is 5.10 Å². The zero-order chi connectivity index (χ0) is 12.8. The number of benzene rings is 1. The molecule has 6 nitrogen and oxygen atoms in total. The van der Waals surface area contributed by atoms with Gasteiger partial charge in [-0.25, -0.2) is 13.1 Å². The van der Waals surface area contributed by atoms with E-state index in [1.807, 2.05) is 6.07 Å². The summed E-state index contributed by atoms with van der Waals surface area (Å²) >= 11 is 0. The van der Waals surface area contributed by atoms with Crippen molar-refractivity contribution in [3.8, 4) is 0 Å². The third-order valence-corrected chi connectivity index (χ3v) is 5.64. The lowest BCUT2D eigenvalue weighted by Crippen LogP contribution is -2.22. The first-order chi connectivity index (χ1) is 8.56. The van der Waals surface area contributed by atoms with E-state index in [1.165, 1.54) is 0 Å². The minimum Gasteiger partial charge on any atom is -0.399 e. The third kappa shape index (κ3) is 1.84. The van der Waals surface area contributed by atoms with Gasteiger partial charge in [0.05, 0.1) is 23.1 Å². The Morgan fingerprint density at radius 1 is 1.44 bits per heavy atom. The minimum atomic E-state index is -2.95. The third-order valence-electron chi connectivity index (χ3n) is 3.38. The fourth-order valence-electron chi connectivity index (χ4n) is 2.38. The Kier molecular flexibility index (Phi) is 2.51. The number of nitrogens with zero attached hydrogens (tertiary/aromatic N) is 3. The summed E-state index contributed by atoms with van der Waals surface area (Å²) in [6, 6.07) is 5.33. The van der Waals surface area contributed by atoms with Crippen molar-refractivity contribution in [3.63, 3.8) is 0 Å². The number of nitrogens with two attached hydrogens (primary N) is 1. The van der Waals surface area contributed by atoms with Crippen LogP contribution in [0.5, 0.6) is 0 Å². The molecule has 2 aromatic rings. The van der Waals surface area contributed by atoms with Crippen molar-refractivity contribution >= 4 is 26.6 Å². The average Bonchev–Trinajstić information content (AvgIpc) is 2.84. The van der Waals surface area contributed by atoms with Crippen LogP contribution in [0, 0.1) is 0 Å². The molecule has 0 saturated carbocycles. The molecule has 3 rings (SSSR count). The van der Waals surface area contributed by atoms with Gasteiger partial charge in [0.25, 0.3) is 0 Å². The Hall–Kier alpha value is -1.63. The van der Waals surface area contributed by atoms with Gasteiger partial charge < -0.3 is 5.73 Å². The van der Waals surface area contributed by atoms with Crippen molar-refractivity contribution in [1.29, 1.82) is 0 Å². The van der Waals surface area contributed by atoms with Crippen LogP contribution in [0.1, 0.15) is 12.8 Å². The van der Waals surface area contributed by atoms with E-state index in [9.17, 15) is 8.42 Å². The quantitative estimate of drug-likeness (QED) is 0.803. The van der Waals surface area contributed by atoms with Gasteiger partial charge in [-0.2, -0.15) is 0 Å². The summed E-state index contributed by atoms with van der Waals surface area (Å²) in [6.45, 7) is 0.378. The number of sulfone groups is 1. The number of rotatable bonds is 2. The van der Waals surface area contributed by atoms with Crippen LogP contribution < -0.4 is 5.73 Å². The molecule has 0 bridgehead atoms. The first-order valence-electron chi connectivity index (χ1n) is 5.86. The van der Waals surface area contributed by atoms with Gasteiger partial charge in [0.2, 0.25) is 0 Å². The second kappa shape index (κ2) is 3.94. The summed E-state index contributed by atoms with van der Waals surface area (Å²) in [5.74, 6) is 0.289. The predicted molar refractivity (Wildman–Crippen MR) is 68.7 cm³/mol. The van der Waals surface area contributed by atoms with Gasteiger partial charge in [0.1, 0.15) is 5.52 Å². The van der Waals surface area contributed by atoms with E-state index in [4.69, 9.17) is 5.73 Å². The van der Waals surface area contributed by atoms with Crippen molar-refractivity contribution in [2.75, 3.05) is 11.5 Å². The van der Waals surface area contributed by atoms with Gasteiger partial charge in [-0.05, 0) is 31.0 Å². The van der Waals surface area contributed by atoms with Crippen LogP contribution in [-0.2, 0) is 16.4 Å². The maximum Gasteiger partial charge on any atom is 0.154 e. The molecule has 1 aromatic carbocycles. The van der Waals surface area contributed by atoms with Crippen LogP contribution in [0.25, 0.3) is 11.0 Å². The maximum atomic E-state index is 11.8. The summed E-state index contributed by atoms with van der Waals surface area (Å²) < 4.78 is 25.2. The molecule has 7 heteroatoms. The Balaban J connectivity index is 1.96. The summed E-state index contributed by atoms with van der Waals surface area (Å²) in [5.41, 5.74) is 7.82. The fourth-order valence-corrected chi connectivity index (χ4v) is 4.18. The van der Waals surface area contributed by atoms with Crippen molar-refractivity contribution in [2.45, 2.75) is 24.6 Å².